The third kappa shape index (κ3) is 7.65. The summed E-state index contributed by atoms with van der Waals surface area (Å²) in [6, 6.07) is 7.19. The SMILES string of the molecule is COCCOC(C)C(C)n1c(C)c(C(=O)Cl)c2cccnc21.COCCOC(C)C(C)n1c(C)c(C(=O)O)c2cccnc21. The van der Waals surface area contributed by atoms with Gasteiger partial charge in [0, 0.05) is 48.8 Å². The van der Waals surface area contributed by atoms with Crippen LogP contribution in [-0.4, -0.2) is 88.3 Å². The number of aromatic nitrogens is 4. The number of carbonyl (C=O) groups is 2. The lowest BCUT2D eigenvalue weighted by atomic mass is 10.1. The van der Waals surface area contributed by atoms with Crippen molar-refractivity contribution in [3.05, 3.63) is 59.2 Å². The number of ether oxygens (including phenoxy) is 4. The van der Waals surface area contributed by atoms with Gasteiger partial charge in [-0.2, -0.15) is 0 Å². The molecular weight excluding hydrogens is 588 g/mol. The van der Waals surface area contributed by atoms with Crippen LogP contribution in [-0.2, 0) is 18.9 Å². The summed E-state index contributed by atoms with van der Waals surface area (Å²) in [5.74, 6) is -0.936. The smallest absolute Gasteiger partial charge is 0.338 e. The van der Waals surface area contributed by atoms with Crippen molar-refractivity contribution in [3.8, 4) is 0 Å². The fourth-order valence-electron chi connectivity index (χ4n) is 5.36. The molecule has 0 aliphatic rings. The minimum atomic E-state index is -0.936. The third-order valence-electron chi connectivity index (χ3n) is 7.93. The molecule has 0 saturated heterocycles. The topological polar surface area (TPSA) is 127 Å². The van der Waals surface area contributed by atoms with Gasteiger partial charge in [-0.15, -0.1) is 0 Å². The molecule has 44 heavy (non-hydrogen) atoms. The Morgan fingerprint density at radius 1 is 0.773 bits per heavy atom. The van der Waals surface area contributed by atoms with E-state index in [9.17, 15) is 14.7 Å². The van der Waals surface area contributed by atoms with E-state index in [2.05, 4.69) is 9.97 Å². The number of pyridine rings is 2. The van der Waals surface area contributed by atoms with Crippen molar-refractivity contribution in [1.82, 2.24) is 19.1 Å². The van der Waals surface area contributed by atoms with Crippen LogP contribution in [0.4, 0.5) is 0 Å². The van der Waals surface area contributed by atoms with Crippen molar-refractivity contribution >= 4 is 44.9 Å². The van der Waals surface area contributed by atoms with Crippen LogP contribution < -0.4 is 0 Å². The standard InChI is InChI=1S/C16H21ClN2O3.C16H22N2O4/c1-10(12(3)22-9-8-21-4)19-11(2)14(15(17)20)13-6-5-7-18-16(13)19;1-10(12(3)22-9-8-21-4)18-11(2)14(16(19)20)13-6-5-7-17-15(13)18/h5-7,10,12H,8-9H2,1-4H3;5-7,10,12H,8-9H2,1-4H3,(H,19,20). The monoisotopic (exact) mass is 630 g/mol. The molecule has 0 bridgehead atoms. The van der Waals surface area contributed by atoms with Crippen molar-refractivity contribution in [2.75, 3.05) is 40.6 Å². The highest BCUT2D eigenvalue weighted by Crippen LogP contribution is 2.31. The molecule has 0 fully saturated rings. The first kappa shape index (κ1) is 35.1. The first-order chi connectivity index (χ1) is 21.0. The lowest BCUT2D eigenvalue weighted by Gasteiger charge is -2.24. The molecule has 1 N–H and O–H groups in total. The predicted molar refractivity (Wildman–Crippen MR) is 170 cm³/mol. The molecule has 0 saturated carbocycles. The van der Waals surface area contributed by atoms with E-state index in [0.717, 1.165) is 16.7 Å². The number of methoxy groups -OCH3 is 2. The van der Waals surface area contributed by atoms with Crippen LogP contribution in [0.2, 0.25) is 0 Å². The summed E-state index contributed by atoms with van der Waals surface area (Å²) in [7, 11) is 3.27. The summed E-state index contributed by atoms with van der Waals surface area (Å²) in [5.41, 5.74) is 3.74. The molecule has 0 aliphatic carbocycles. The maximum atomic E-state index is 11.8. The van der Waals surface area contributed by atoms with Gasteiger partial charge >= 0.3 is 5.97 Å². The van der Waals surface area contributed by atoms with Gasteiger partial charge in [0.15, 0.2) is 0 Å². The average molecular weight is 631 g/mol. The molecule has 0 amide bonds. The molecule has 4 rings (SSSR count). The number of rotatable bonds is 14. The summed E-state index contributed by atoms with van der Waals surface area (Å²) in [6.07, 6.45) is 3.25. The quantitative estimate of drug-likeness (QED) is 0.132. The summed E-state index contributed by atoms with van der Waals surface area (Å²) in [6.45, 7) is 13.8. The van der Waals surface area contributed by atoms with Crippen LogP contribution in [0.1, 0.15) is 71.9 Å². The number of carboxylic acid groups (broad SMARTS) is 1. The maximum absolute atomic E-state index is 11.8. The number of hydrogen-bond acceptors (Lipinski definition) is 8. The Morgan fingerprint density at radius 2 is 1.18 bits per heavy atom. The van der Waals surface area contributed by atoms with Crippen LogP contribution in [0.3, 0.4) is 0 Å². The molecule has 4 aromatic rings. The van der Waals surface area contributed by atoms with Crippen LogP contribution in [0.15, 0.2) is 36.7 Å². The van der Waals surface area contributed by atoms with E-state index in [4.69, 9.17) is 30.5 Å². The minimum absolute atomic E-state index is 0.0130. The number of aromatic carboxylic acids is 1. The van der Waals surface area contributed by atoms with E-state index < -0.39 is 11.2 Å². The average Bonchev–Trinajstić information content (AvgIpc) is 3.46. The zero-order valence-electron chi connectivity index (χ0n) is 26.7. The van der Waals surface area contributed by atoms with E-state index in [1.54, 1.807) is 44.8 Å². The van der Waals surface area contributed by atoms with E-state index in [0.29, 0.717) is 54.3 Å². The Morgan fingerprint density at radius 3 is 1.57 bits per heavy atom. The van der Waals surface area contributed by atoms with Gasteiger partial charge in [0.2, 0.25) is 0 Å². The highest BCUT2D eigenvalue weighted by Gasteiger charge is 2.26. The number of nitrogens with zero attached hydrogens (tertiary/aromatic N) is 4. The molecule has 12 heteroatoms. The Bertz CT molecular complexity index is 1450. The summed E-state index contributed by atoms with van der Waals surface area (Å²) >= 11 is 5.76. The number of halogens is 1. The first-order valence-electron chi connectivity index (χ1n) is 14.5. The van der Waals surface area contributed by atoms with Crippen molar-refractivity contribution in [1.29, 1.82) is 0 Å². The van der Waals surface area contributed by atoms with Gasteiger partial charge in [-0.05, 0) is 77.4 Å². The molecule has 0 spiro atoms. The second kappa shape index (κ2) is 16.1. The molecule has 0 aromatic carbocycles. The van der Waals surface area contributed by atoms with E-state index in [1.165, 1.54) is 0 Å². The maximum Gasteiger partial charge on any atom is 0.338 e. The Hall–Kier alpha value is -3.35. The fourth-order valence-corrected chi connectivity index (χ4v) is 5.60. The van der Waals surface area contributed by atoms with Crippen molar-refractivity contribution in [3.63, 3.8) is 0 Å². The number of hydrogen-bond donors (Lipinski definition) is 1. The lowest BCUT2D eigenvalue weighted by molar-refractivity contribution is 0.00432. The van der Waals surface area contributed by atoms with Gasteiger partial charge in [-0.1, -0.05) is 0 Å². The van der Waals surface area contributed by atoms with Gasteiger partial charge in [0.1, 0.15) is 11.3 Å². The number of carboxylic acids is 1. The molecule has 240 valence electrons. The Kier molecular flexibility index (Phi) is 12.9. The first-order valence-corrected chi connectivity index (χ1v) is 14.9. The van der Waals surface area contributed by atoms with Crippen LogP contribution in [0, 0.1) is 13.8 Å². The molecule has 0 radical (unpaired) electrons. The Balaban J connectivity index is 0.000000240. The molecule has 4 aromatic heterocycles. The molecule has 4 unspecified atom stereocenters. The molecule has 4 heterocycles. The summed E-state index contributed by atoms with van der Waals surface area (Å²) < 4.78 is 25.5. The second-order valence-electron chi connectivity index (χ2n) is 10.6. The van der Waals surface area contributed by atoms with Gasteiger partial charge < -0.3 is 33.2 Å². The van der Waals surface area contributed by atoms with E-state index >= 15 is 0 Å². The lowest BCUT2D eigenvalue weighted by Crippen LogP contribution is -2.24. The second-order valence-corrected chi connectivity index (χ2v) is 11.0. The van der Waals surface area contributed by atoms with Gasteiger partial charge in [0.05, 0.1) is 61.8 Å². The van der Waals surface area contributed by atoms with Crippen LogP contribution in [0.5, 0.6) is 0 Å². The van der Waals surface area contributed by atoms with Gasteiger partial charge in [0.25, 0.3) is 5.24 Å². The Labute approximate surface area is 263 Å². The molecule has 11 nitrogen and oxygen atoms in total. The summed E-state index contributed by atoms with van der Waals surface area (Å²) in [5, 5.41) is 10.4. The normalized spacial score (nSPS) is 14.2. The summed E-state index contributed by atoms with van der Waals surface area (Å²) in [4.78, 5) is 32.1. The van der Waals surface area contributed by atoms with Crippen molar-refractivity contribution in [2.45, 2.75) is 65.8 Å². The number of carbonyl (C=O) groups excluding carboxylic acids is 1. The molecule has 4 atom stereocenters. The molecular formula is C32H43ClN4O7. The third-order valence-corrected chi connectivity index (χ3v) is 8.12. The zero-order chi connectivity index (χ0) is 32.6. The zero-order valence-corrected chi connectivity index (χ0v) is 27.4. The van der Waals surface area contributed by atoms with Gasteiger partial charge in [-0.25, -0.2) is 14.8 Å². The van der Waals surface area contributed by atoms with Crippen LogP contribution >= 0.6 is 11.6 Å². The number of fused-ring (bicyclic) bond motifs is 2. The fraction of sp³-hybridized carbons (Fsp3) is 0.500. The van der Waals surface area contributed by atoms with Crippen molar-refractivity contribution in [2.24, 2.45) is 0 Å². The highest BCUT2D eigenvalue weighted by atomic mass is 35.5. The van der Waals surface area contributed by atoms with Crippen molar-refractivity contribution < 1.29 is 33.6 Å². The van der Waals surface area contributed by atoms with E-state index in [1.807, 2.05) is 56.7 Å². The van der Waals surface area contributed by atoms with E-state index in [-0.39, 0.29) is 24.3 Å². The highest BCUT2D eigenvalue weighted by molar-refractivity contribution is 6.68. The van der Waals surface area contributed by atoms with Crippen LogP contribution in [0.25, 0.3) is 22.1 Å². The largest absolute Gasteiger partial charge is 0.478 e. The predicted octanol–water partition coefficient (Wildman–Crippen LogP) is 5.99. The minimum Gasteiger partial charge on any atom is -0.478 e. The van der Waals surface area contributed by atoms with Gasteiger partial charge in [-0.3, -0.25) is 4.79 Å². The molecule has 0 aliphatic heterocycles.